The lowest BCUT2D eigenvalue weighted by Gasteiger charge is -2.42. The van der Waals surface area contributed by atoms with Crippen molar-refractivity contribution < 1.29 is 22.1 Å². The first-order chi connectivity index (χ1) is 9.49. The molecule has 0 atom stereocenters. The number of hydrogen-bond donors (Lipinski definition) is 0. The van der Waals surface area contributed by atoms with E-state index in [1.165, 1.54) is 0 Å². The highest BCUT2D eigenvalue weighted by molar-refractivity contribution is 7.86. The molecule has 0 radical (unpaired) electrons. The van der Waals surface area contributed by atoms with Crippen LogP contribution in [0.3, 0.4) is 0 Å². The fourth-order valence-corrected chi connectivity index (χ4v) is 3.61. The van der Waals surface area contributed by atoms with E-state index < -0.39 is 15.9 Å². The van der Waals surface area contributed by atoms with Crippen LogP contribution in [0.2, 0.25) is 0 Å². The molecule has 0 unspecified atom stereocenters. The largest absolute Gasteiger partial charge is 0.348 e. The highest BCUT2D eigenvalue weighted by atomic mass is 32.2. The van der Waals surface area contributed by atoms with Gasteiger partial charge in [-0.15, -0.1) is 0 Å². The summed E-state index contributed by atoms with van der Waals surface area (Å²) < 4.78 is 40.2. The SMILES string of the molecule is Cc1ccc(S(=O)(=O)OCC2CC3(C2)OCCO3)cc1. The molecule has 0 N–H and O–H groups in total. The predicted molar refractivity (Wildman–Crippen MR) is 71.7 cm³/mol. The zero-order valence-corrected chi connectivity index (χ0v) is 12.2. The van der Waals surface area contributed by atoms with E-state index in [0.29, 0.717) is 26.1 Å². The smallest absolute Gasteiger partial charge is 0.296 e. The van der Waals surface area contributed by atoms with Crippen LogP contribution in [0.1, 0.15) is 18.4 Å². The molecule has 0 aromatic heterocycles. The monoisotopic (exact) mass is 298 g/mol. The number of aryl methyl sites for hydroxylation is 1. The second-order valence-corrected chi connectivity index (χ2v) is 7.05. The average Bonchev–Trinajstić information content (AvgIpc) is 2.85. The van der Waals surface area contributed by atoms with Gasteiger partial charge in [-0.2, -0.15) is 8.42 Å². The van der Waals surface area contributed by atoms with Crippen molar-refractivity contribution in [1.82, 2.24) is 0 Å². The van der Waals surface area contributed by atoms with Gasteiger partial charge in [0.15, 0.2) is 5.79 Å². The minimum absolute atomic E-state index is 0.174. The first kappa shape index (κ1) is 14.0. The maximum absolute atomic E-state index is 12.0. The number of ether oxygens (including phenoxy) is 2. The molecule has 3 rings (SSSR count). The van der Waals surface area contributed by atoms with Gasteiger partial charge in [-0.05, 0) is 25.0 Å². The van der Waals surface area contributed by atoms with Gasteiger partial charge in [-0.1, -0.05) is 17.7 Å². The Hall–Kier alpha value is -0.950. The summed E-state index contributed by atoms with van der Waals surface area (Å²) in [5.74, 6) is -0.282. The molecule has 110 valence electrons. The van der Waals surface area contributed by atoms with E-state index in [2.05, 4.69) is 0 Å². The van der Waals surface area contributed by atoms with Crippen molar-refractivity contribution in [2.75, 3.05) is 19.8 Å². The summed E-state index contributed by atoms with van der Waals surface area (Å²) in [4.78, 5) is 0.200. The molecule has 1 saturated heterocycles. The van der Waals surface area contributed by atoms with Crippen LogP contribution in [0.4, 0.5) is 0 Å². The molecule has 2 fully saturated rings. The van der Waals surface area contributed by atoms with Crippen molar-refractivity contribution in [3.8, 4) is 0 Å². The van der Waals surface area contributed by atoms with E-state index in [4.69, 9.17) is 13.7 Å². The Balaban J connectivity index is 1.54. The summed E-state index contributed by atoms with van der Waals surface area (Å²) in [6, 6.07) is 6.65. The van der Waals surface area contributed by atoms with E-state index in [-0.39, 0.29) is 17.4 Å². The normalized spacial score (nSPS) is 22.1. The summed E-state index contributed by atoms with van der Waals surface area (Å²) >= 11 is 0. The molecular formula is C14H18O5S. The topological polar surface area (TPSA) is 61.8 Å². The Morgan fingerprint density at radius 3 is 2.40 bits per heavy atom. The molecule has 1 saturated carbocycles. The summed E-state index contributed by atoms with van der Waals surface area (Å²) in [6.45, 7) is 3.34. The van der Waals surface area contributed by atoms with Gasteiger partial charge in [0, 0.05) is 12.8 Å². The second kappa shape index (κ2) is 5.11. The van der Waals surface area contributed by atoms with Crippen LogP contribution in [-0.2, 0) is 23.8 Å². The first-order valence-electron chi connectivity index (χ1n) is 6.73. The molecule has 2 aliphatic rings. The Morgan fingerprint density at radius 1 is 1.20 bits per heavy atom. The highest BCUT2D eigenvalue weighted by Crippen LogP contribution is 2.44. The van der Waals surface area contributed by atoms with Crippen LogP contribution in [-0.4, -0.2) is 34.0 Å². The lowest BCUT2D eigenvalue weighted by atomic mass is 9.79. The predicted octanol–water partition coefficient (Wildman–Crippen LogP) is 1.85. The van der Waals surface area contributed by atoms with Crippen LogP contribution >= 0.6 is 0 Å². The van der Waals surface area contributed by atoms with Crippen molar-refractivity contribution >= 4 is 10.1 Å². The molecule has 1 aromatic carbocycles. The van der Waals surface area contributed by atoms with Gasteiger partial charge in [-0.3, -0.25) is 4.18 Å². The fraction of sp³-hybridized carbons (Fsp3) is 0.571. The molecule has 1 aliphatic carbocycles. The molecule has 1 spiro atoms. The van der Waals surface area contributed by atoms with Gasteiger partial charge in [0.1, 0.15) is 0 Å². The highest BCUT2D eigenvalue weighted by Gasteiger charge is 2.49. The van der Waals surface area contributed by atoms with Gasteiger partial charge < -0.3 is 9.47 Å². The van der Waals surface area contributed by atoms with Crippen molar-refractivity contribution in [2.24, 2.45) is 5.92 Å². The van der Waals surface area contributed by atoms with E-state index in [1.807, 2.05) is 6.92 Å². The lowest BCUT2D eigenvalue weighted by Crippen LogP contribution is -2.46. The van der Waals surface area contributed by atoms with Crippen molar-refractivity contribution in [2.45, 2.75) is 30.4 Å². The second-order valence-electron chi connectivity index (χ2n) is 5.43. The summed E-state index contributed by atoms with van der Waals surface area (Å²) in [5.41, 5.74) is 1.01. The third kappa shape index (κ3) is 2.74. The maximum Gasteiger partial charge on any atom is 0.296 e. The first-order valence-corrected chi connectivity index (χ1v) is 8.14. The van der Waals surface area contributed by atoms with Crippen LogP contribution in [0.5, 0.6) is 0 Å². The average molecular weight is 298 g/mol. The standard InChI is InChI=1S/C14H18O5S/c1-11-2-4-13(5-3-11)20(15,16)19-10-12-8-14(9-12)17-6-7-18-14/h2-5,12H,6-10H2,1H3. The van der Waals surface area contributed by atoms with Crippen LogP contribution in [0.15, 0.2) is 29.2 Å². The summed E-state index contributed by atoms with van der Waals surface area (Å²) in [7, 11) is -3.67. The molecule has 0 bridgehead atoms. The molecule has 20 heavy (non-hydrogen) atoms. The molecular weight excluding hydrogens is 280 g/mol. The zero-order chi connectivity index (χ0) is 14.2. The van der Waals surface area contributed by atoms with Crippen LogP contribution < -0.4 is 0 Å². The Labute approximate surface area is 119 Å². The zero-order valence-electron chi connectivity index (χ0n) is 11.4. The molecule has 6 heteroatoms. The minimum atomic E-state index is -3.67. The third-order valence-corrected chi connectivity index (χ3v) is 5.08. The molecule has 5 nitrogen and oxygen atoms in total. The van der Waals surface area contributed by atoms with Crippen LogP contribution in [0, 0.1) is 12.8 Å². The molecule has 1 aliphatic heterocycles. The minimum Gasteiger partial charge on any atom is -0.348 e. The number of benzene rings is 1. The Morgan fingerprint density at radius 2 is 1.80 bits per heavy atom. The number of hydrogen-bond acceptors (Lipinski definition) is 5. The lowest BCUT2D eigenvalue weighted by molar-refractivity contribution is -0.233. The van der Waals surface area contributed by atoms with Crippen molar-refractivity contribution in [3.05, 3.63) is 29.8 Å². The third-order valence-electron chi connectivity index (χ3n) is 3.78. The van der Waals surface area contributed by atoms with Crippen molar-refractivity contribution in [1.29, 1.82) is 0 Å². The van der Waals surface area contributed by atoms with E-state index in [9.17, 15) is 8.42 Å². The fourth-order valence-electron chi connectivity index (χ4n) is 2.63. The maximum atomic E-state index is 12.0. The summed E-state index contributed by atoms with van der Waals surface area (Å²) in [6.07, 6.45) is 1.41. The summed E-state index contributed by atoms with van der Waals surface area (Å²) in [5, 5.41) is 0. The Bertz CT molecular complexity index is 564. The molecule has 0 amide bonds. The van der Waals surface area contributed by atoms with E-state index >= 15 is 0 Å². The van der Waals surface area contributed by atoms with Gasteiger partial charge in [-0.25, -0.2) is 0 Å². The van der Waals surface area contributed by atoms with Gasteiger partial charge in [0.2, 0.25) is 0 Å². The van der Waals surface area contributed by atoms with Gasteiger partial charge in [0.25, 0.3) is 10.1 Å². The van der Waals surface area contributed by atoms with Crippen LogP contribution in [0.25, 0.3) is 0 Å². The van der Waals surface area contributed by atoms with Gasteiger partial charge in [0.05, 0.1) is 24.7 Å². The van der Waals surface area contributed by atoms with Crippen molar-refractivity contribution in [3.63, 3.8) is 0 Å². The molecule has 1 heterocycles. The Kier molecular flexibility index (Phi) is 3.58. The molecule has 1 aromatic rings. The van der Waals surface area contributed by atoms with E-state index in [0.717, 1.165) is 5.56 Å². The number of rotatable bonds is 4. The van der Waals surface area contributed by atoms with Gasteiger partial charge >= 0.3 is 0 Å². The van der Waals surface area contributed by atoms with E-state index in [1.54, 1.807) is 24.3 Å². The quantitative estimate of drug-likeness (QED) is 0.794.